The Morgan fingerprint density at radius 2 is 2.07 bits per heavy atom. The minimum absolute atomic E-state index is 0.0458. The van der Waals surface area contributed by atoms with E-state index in [2.05, 4.69) is 10.3 Å². The molecule has 0 saturated carbocycles. The van der Waals surface area contributed by atoms with Gasteiger partial charge in [-0.15, -0.1) is 0 Å². The van der Waals surface area contributed by atoms with Gasteiger partial charge in [-0.3, -0.25) is 14.2 Å². The molecule has 1 aliphatic rings. The van der Waals surface area contributed by atoms with Crippen LogP contribution in [0, 0.1) is 0 Å². The molecule has 2 aromatic carbocycles. The van der Waals surface area contributed by atoms with E-state index in [0.29, 0.717) is 34.3 Å². The third-order valence-corrected chi connectivity index (χ3v) is 6.69. The molecule has 1 fully saturated rings. The van der Waals surface area contributed by atoms with Gasteiger partial charge in [0.05, 0.1) is 35.2 Å². The Bertz CT molecular complexity index is 1270. The fourth-order valence-corrected chi connectivity index (χ4v) is 5.06. The summed E-state index contributed by atoms with van der Waals surface area (Å²) in [4.78, 5) is 29.7. The van der Waals surface area contributed by atoms with Gasteiger partial charge in [-0.1, -0.05) is 6.07 Å². The third kappa shape index (κ3) is 3.86. The van der Waals surface area contributed by atoms with Crippen LogP contribution in [0.15, 0.2) is 53.6 Å². The molecule has 3 aromatic rings. The fraction of sp³-hybridized carbons (Fsp3) is 0.250. The van der Waals surface area contributed by atoms with Crippen molar-refractivity contribution in [3.8, 4) is 11.4 Å². The van der Waals surface area contributed by atoms with Crippen LogP contribution in [0.2, 0.25) is 0 Å². The van der Waals surface area contributed by atoms with Crippen LogP contribution in [0.1, 0.15) is 16.8 Å². The number of nitrogens with one attached hydrogen (secondary N) is 1. The van der Waals surface area contributed by atoms with Gasteiger partial charge in [-0.2, -0.15) is 0 Å². The third-order valence-electron chi connectivity index (χ3n) is 4.92. The first-order valence-electron chi connectivity index (χ1n) is 9.03. The molecule has 1 aromatic heterocycles. The summed E-state index contributed by atoms with van der Waals surface area (Å²) in [7, 11) is -1.53. The number of amides is 1. The van der Waals surface area contributed by atoms with Crippen molar-refractivity contribution in [1.82, 2.24) is 14.9 Å². The first-order valence-corrected chi connectivity index (χ1v) is 10.9. The lowest BCUT2D eigenvalue weighted by Gasteiger charge is -2.12. The number of benzene rings is 2. The number of aromatic nitrogens is 2. The molecule has 1 saturated heterocycles. The average molecular weight is 413 g/mol. The van der Waals surface area contributed by atoms with Gasteiger partial charge in [0.15, 0.2) is 9.84 Å². The van der Waals surface area contributed by atoms with Gasteiger partial charge in [0, 0.05) is 17.7 Å². The molecule has 1 N–H and O–H groups in total. The highest BCUT2D eigenvalue weighted by atomic mass is 32.2. The van der Waals surface area contributed by atoms with E-state index in [4.69, 9.17) is 4.74 Å². The van der Waals surface area contributed by atoms with Crippen molar-refractivity contribution < 1.29 is 17.9 Å². The molecule has 150 valence electrons. The Balaban J connectivity index is 1.64. The lowest BCUT2D eigenvalue weighted by atomic mass is 10.1. The van der Waals surface area contributed by atoms with E-state index in [1.54, 1.807) is 43.5 Å². The molecule has 0 aliphatic carbocycles. The van der Waals surface area contributed by atoms with E-state index in [-0.39, 0.29) is 23.0 Å². The van der Waals surface area contributed by atoms with Gasteiger partial charge in [0.25, 0.3) is 11.5 Å². The molecule has 0 radical (unpaired) electrons. The largest absolute Gasteiger partial charge is 0.497 e. The molecule has 29 heavy (non-hydrogen) atoms. The molecule has 2 heterocycles. The summed E-state index contributed by atoms with van der Waals surface area (Å²) in [6, 6.07) is 11.3. The van der Waals surface area contributed by atoms with E-state index in [0.717, 1.165) is 0 Å². The van der Waals surface area contributed by atoms with Gasteiger partial charge in [-0.05, 0) is 36.8 Å². The monoisotopic (exact) mass is 413 g/mol. The maximum absolute atomic E-state index is 12.9. The van der Waals surface area contributed by atoms with Crippen molar-refractivity contribution in [2.75, 3.05) is 18.6 Å². The van der Waals surface area contributed by atoms with Crippen molar-refractivity contribution in [2.24, 2.45) is 0 Å². The lowest BCUT2D eigenvalue weighted by molar-refractivity contribution is 0.0941. The lowest BCUT2D eigenvalue weighted by Crippen LogP contribution is -2.35. The number of methoxy groups -OCH3 is 1. The number of carbonyl (C=O) groups excluding carboxylic acids is 1. The van der Waals surface area contributed by atoms with Gasteiger partial charge in [-0.25, -0.2) is 13.4 Å². The predicted molar refractivity (Wildman–Crippen MR) is 108 cm³/mol. The minimum atomic E-state index is -3.08. The second-order valence-electron chi connectivity index (χ2n) is 6.93. The summed E-state index contributed by atoms with van der Waals surface area (Å²) in [6.45, 7) is 0. The van der Waals surface area contributed by atoms with E-state index in [1.807, 2.05) is 0 Å². The second kappa shape index (κ2) is 7.32. The van der Waals surface area contributed by atoms with E-state index in [9.17, 15) is 18.0 Å². The summed E-state index contributed by atoms with van der Waals surface area (Å²) in [5.41, 5.74) is 1.07. The number of nitrogens with zero attached hydrogens (tertiary/aromatic N) is 2. The van der Waals surface area contributed by atoms with Crippen LogP contribution in [0.4, 0.5) is 0 Å². The summed E-state index contributed by atoms with van der Waals surface area (Å²) in [5, 5.41) is 3.11. The molecule has 1 amide bonds. The Kier molecular flexibility index (Phi) is 4.83. The van der Waals surface area contributed by atoms with Crippen molar-refractivity contribution in [3.05, 3.63) is 64.7 Å². The molecule has 0 spiro atoms. The van der Waals surface area contributed by atoms with Crippen LogP contribution in [0.5, 0.6) is 5.75 Å². The van der Waals surface area contributed by atoms with Crippen LogP contribution in [0.25, 0.3) is 16.6 Å². The van der Waals surface area contributed by atoms with Gasteiger partial charge < -0.3 is 10.1 Å². The molecule has 8 nitrogen and oxygen atoms in total. The smallest absolute Gasteiger partial charge is 0.265 e. The standard InChI is InChI=1S/C20H19N3O5S/c1-28-16-4-2-3-15(10-16)23-12-21-18-9-13(5-6-17(18)20(23)25)19(24)22-14-7-8-29(26,27)11-14/h2-6,9-10,12,14H,7-8,11H2,1H3,(H,22,24). The molecule has 1 unspecified atom stereocenters. The topological polar surface area (TPSA) is 107 Å². The van der Waals surface area contributed by atoms with E-state index >= 15 is 0 Å². The first-order chi connectivity index (χ1) is 13.9. The predicted octanol–water partition coefficient (Wildman–Crippen LogP) is 1.31. The minimum Gasteiger partial charge on any atom is -0.497 e. The maximum atomic E-state index is 12.9. The van der Waals surface area contributed by atoms with Crippen molar-refractivity contribution in [1.29, 1.82) is 0 Å². The highest BCUT2D eigenvalue weighted by molar-refractivity contribution is 7.91. The molecular weight excluding hydrogens is 394 g/mol. The van der Waals surface area contributed by atoms with Crippen molar-refractivity contribution in [3.63, 3.8) is 0 Å². The first kappa shape index (κ1) is 19.1. The summed E-state index contributed by atoms with van der Waals surface area (Å²) in [6.07, 6.45) is 1.82. The Hall–Kier alpha value is -3.20. The Morgan fingerprint density at radius 1 is 1.24 bits per heavy atom. The van der Waals surface area contributed by atoms with Crippen molar-refractivity contribution in [2.45, 2.75) is 12.5 Å². The Labute approximate surface area is 167 Å². The zero-order valence-corrected chi connectivity index (χ0v) is 16.5. The number of carbonyl (C=O) groups is 1. The molecular formula is C20H19N3O5S. The van der Waals surface area contributed by atoms with Gasteiger partial charge in [0.1, 0.15) is 12.1 Å². The van der Waals surface area contributed by atoms with Crippen LogP contribution in [-0.2, 0) is 9.84 Å². The quantitative estimate of drug-likeness (QED) is 0.691. The van der Waals surface area contributed by atoms with Crippen molar-refractivity contribution >= 4 is 26.6 Å². The van der Waals surface area contributed by atoms with Crippen LogP contribution >= 0.6 is 0 Å². The maximum Gasteiger partial charge on any atom is 0.265 e. The molecule has 9 heteroatoms. The van der Waals surface area contributed by atoms with E-state index in [1.165, 1.54) is 17.0 Å². The number of ether oxygens (including phenoxy) is 1. The zero-order valence-electron chi connectivity index (χ0n) is 15.7. The molecule has 1 aliphatic heterocycles. The zero-order chi connectivity index (χ0) is 20.6. The van der Waals surface area contributed by atoms with Gasteiger partial charge >= 0.3 is 0 Å². The van der Waals surface area contributed by atoms with Crippen LogP contribution in [-0.4, -0.2) is 48.5 Å². The van der Waals surface area contributed by atoms with Gasteiger partial charge in [0.2, 0.25) is 0 Å². The Morgan fingerprint density at radius 3 is 2.79 bits per heavy atom. The molecule has 0 bridgehead atoms. The number of hydrogen-bond acceptors (Lipinski definition) is 6. The van der Waals surface area contributed by atoms with Crippen LogP contribution in [0.3, 0.4) is 0 Å². The number of fused-ring (bicyclic) bond motifs is 1. The highest BCUT2D eigenvalue weighted by Gasteiger charge is 2.29. The fourth-order valence-electron chi connectivity index (χ4n) is 3.38. The molecule has 4 rings (SSSR count). The normalized spacial score (nSPS) is 17.9. The number of sulfone groups is 1. The van der Waals surface area contributed by atoms with Crippen LogP contribution < -0.4 is 15.6 Å². The summed E-state index contributed by atoms with van der Waals surface area (Å²) < 4.78 is 29.7. The number of rotatable bonds is 4. The summed E-state index contributed by atoms with van der Waals surface area (Å²) >= 11 is 0. The summed E-state index contributed by atoms with van der Waals surface area (Å²) in [5.74, 6) is 0.278. The van der Waals surface area contributed by atoms with E-state index < -0.39 is 15.9 Å². The highest BCUT2D eigenvalue weighted by Crippen LogP contribution is 2.17. The SMILES string of the molecule is COc1cccc(-n2cnc3cc(C(=O)NC4CCS(=O)(=O)C4)ccc3c2=O)c1. The second-order valence-corrected chi connectivity index (χ2v) is 9.16. The average Bonchev–Trinajstić information content (AvgIpc) is 3.06. The molecule has 1 atom stereocenters. The number of hydrogen-bond donors (Lipinski definition) is 1.